The fourth-order valence-corrected chi connectivity index (χ4v) is 4.06. The second-order valence-electron chi connectivity index (χ2n) is 6.03. The number of esters is 1. The molecule has 1 saturated heterocycles. The van der Waals surface area contributed by atoms with E-state index in [1.807, 2.05) is 0 Å². The zero-order valence-corrected chi connectivity index (χ0v) is 16.8. The van der Waals surface area contributed by atoms with Crippen molar-refractivity contribution in [2.24, 2.45) is 0 Å². The van der Waals surface area contributed by atoms with Crippen LogP contribution < -0.4 is 5.32 Å². The SMILES string of the molecule is O=C(COC(=O)c1ccc(S(=O)(=O)N2CCOCC2)cc1)Nc1ccc(Cl)cn1. The van der Waals surface area contributed by atoms with Gasteiger partial charge in [0.05, 0.1) is 28.7 Å². The van der Waals surface area contributed by atoms with Crippen LogP contribution in [0.25, 0.3) is 0 Å². The van der Waals surface area contributed by atoms with Gasteiger partial charge in [0, 0.05) is 19.3 Å². The highest BCUT2D eigenvalue weighted by molar-refractivity contribution is 7.89. The Labute approximate surface area is 172 Å². The molecule has 1 aliphatic heterocycles. The molecular formula is C18H18ClN3O6S. The molecule has 0 saturated carbocycles. The van der Waals surface area contributed by atoms with Crippen molar-refractivity contribution < 1.29 is 27.5 Å². The molecule has 0 atom stereocenters. The first kappa shape index (κ1) is 21.2. The average molecular weight is 440 g/mol. The molecule has 11 heteroatoms. The van der Waals surface area contributed by atoms with Crippen LogP contribution in [0.3, 0.4) is 0 Å². The van der Waals surface area contributed by atoms with Gasteiger partial charge in [-0.1, -0.05) is 11.6 Å². The van der Waals surface area contributed by atoms with E-state index in [2.05, 4.69) is 10.3 Å². The third-order valence-electron chi connectivity index (χ3n) is 4.03. The summed E-state index contributed by atoms with van der Waals surface area (Å²) < 4.78 is 36.6. The van der Waals surface area contributed by atoms with E-state index in [0.29, 0.717) is 18.2 Å². The van der Waals surface area contributed by atoms with Crippen molar-refractivity contribution in [3.63, 3.8) is 0 Å². The van der Waals surface area contributed by atoms with E-state index in [1.165, 1.54) is 40.8 Å². The lowest BCUT2D eigenvalue weighted by Crippen LogP contribution is -2.40. The standard InChI is InChI=1S/C18H18ClN3O6S/c19-14-3-6-16(20-11-14)21-17(23)12-28-18(24)13-1-4-15(5-2-13)29(25,26)22-7-9-27-10-8-22/h1-6,11H,7-10,12H2,(H,20,21,23). The predicted octanol–water partition coefficient (Wildman–Crippen LogP) is 1.55. The van der Waals surface area contributed by atoms with Gasteiger partial charge in [0.25, 0.3) is 5.91 Å². The number of sulfonamides is 1. The van der Waals surface area contributed by atoms with Crippen molar-refractivity contribution >= 4 is 39.3 Å². The van der Waals surface area contributed by atoms with Gasteiger partial charge in [0.1, 0.15) is 5.82 Å². The number of nitrogens with one attached hydrogen (secondary N) is 1. The molecule has 1 aliphatic rings. The molecule has 3 rings (SSSR count). The second-order valence-corrected chi connectivity index (χ2v) is 8.40. The number of amides is 1. The first-order valence-electron chi connectivity index (χ1n) is 8.63. The number of carbonyl (C=O) groups is 2. The number of morpholine rings is 1. The van der Waals surface area contributed by atoms with E-state index in [9.17, 15) is 18.0 Å². The van der Waals surface area contributed by atoms with Crippen LogP contribution in [0.2, 0.25) is 5.02 Å². The molecule has 1 N–H and O–H groups in total. The van der Waals surface area contributed by atoms with Gasteiger partial charge in [-0.25, -0.2) is 18.2 Å². The highest BCUT2D eigenvalue weighted by atomic mass is 35.5. The molecule has 154 valence electrons. The molecule has 0 bridgehead atoms. The Morgan fingerprint density at radius 1 is 1.14 bits per heavy atom. The fourth-order valence-electron chi connectivity index (χ4n) is 2.54. The van der Waals surface area contributed by atoms with Gasteiger partial charge in [0.15, 0.2) is 6.61 Å². The van der Waals surface area contributed by atoms with Crippen molar-refractivity contribution in [2.45, 2.75) is 4.90 Å². The molecule has 1 aromatic carbocycles. The summed E-state index contributed by atoms with van der Waals surface area (Å²) in [5.74, 6) is -1.05. The normalized spacial score (nSPS) is 14.9. The molecule has 9 nitrogen and oxygen atoms in total. The molecule has 0 radical (unpaired) electrons. The van der Waals surface area contributed by atoms with Gasteiger partial charge in [-0.05, 0) is 36.4 Å². The summed E-state index contributed by atoms with van der Waals surface area (Å²) in [6, 6.07) is 8.42. The maximum absolute atomic E-state index is 12.6. The zero-order valence-electron chi connectivity index (χ0n) is 15.2. The number of nitrogens with zero attached hydrogens (tertiary/aromatic N) is 2. The van der Waals surface area contributed by atoms with Gasteiger partial charge in [-0.3, -0.25) is 4.79 Å². The maximum Gasteiger partial charge on any atom is 0.338 e. The Kier molecular flexibility index (Phi) is 6.80. The van der Waals surface area contributed by atoms with Crippen molar-refractivity contribution in [1.29, 1.82) is 0 Å². The highest BCUT2D eigenvalue weighted by Gasteiger charge is 2.26. The molecule has 0 unspecified atom stereocenters. The van der Waals surface area contributed by atoms with Gasteiger partial charge in [-0.15, -0.1) is 0 Å². The summed E-state index contributed by atoms with van der Waals surface area (Å²) in [5, 5.41) is 2.88. The zero-order chi connectivity index (χ0) is 20.9. The number of benzene rings is 1. The number of ether oxygens (including phenoxy) is 2. The minimum atomic E-state index is -3.65. The average Bonchev–Trinajstić information content (AvgIpc) is 2.74. The van der Waals surface area contributed by atoms with Crippen LogP contribution in [0.15, 0.2) is 47.5 Å². The van der Waals surface area contributed by atoms with Gasteiger partial charge in [0.2, 0.25) is 10.0 Å². The van der Waals surface area contributed by atoms with E-state index in [1.54, 1.807) is 6.07 Å². The van der Waals surface area contributed by atoms with E-state index in [0.717, 1.165) is 0 Å². The van der Waals surface area contributed by atoms with E-state index in [4.69, 9.17) is 21.1 Å². The Morgan fingerprint density at radius 2 is 1.83 bits per heavy atom. The topological polar surface area (TPSA) is 115 Å². The largest absolute Gasteiger partial charge is 0.452 e. The van der Waals surface area contributed by atoms with Crippen molar-refractivity contribution in [2.75, 3.05) is 38.2 Å². The van der Waals surface area contributed by atoms with Crippen LogP contribution in [0.4, 0.5) is 5.82 Å². The molecule has 2 aromatic rings. The number of rotatable bonds is 6. The minimum Gasteiger partial charge on any atom is -0.452 e. The highest BCUT2D eigenvalue weighted by Crippen LogP contribution is 2.18. The quantitative estimate of drug-likeness (QED) is 0.679. The van der Waals surface area contributed by atoms with Gasteiger partial charge >= 0.3 is 5.97 Å². The molecule has 1 fully saturated rings. The Balaban J connectivity index is 1.56. The third kappa shape index (κ3) is 5.51. The summed E-state index contributed by atoms with van der Waals surface area (Å²) in [6.45, 7) is 0.735. The van der Waals surface area contributed by atoms with Crippen molar-refractivity contribution in [3.05, 3.63) is 53.2 Å². The predicted molar refractivity (Wildman–Crippen MR) is 104 cm³/mol. The molecule has 1 aromatic heterocycles. The number of aromatic nitrogens is 1. The Morgan fingerprint density at radius 3 is 2.45 bits per heavy atom. The monoisotopic (exact) mass is 439 g/mol. The lowest BCUT2D eigenvalue weighted by molar-refractivity contribution is -0.119. The number of carbonyl (C=O) groups excluding carboxylic acids is 2. The summed E-state index contributed by atoms with van der Waals surface area (Å²) in [6.07, 6.45) is 1.37. The summed E-state index contributed by atoms with van der Waals surface area (Å²) in [4.78, 5) is 27.9. The van der Waals surface area contributed by atoms with Gasteiger partial charge < -0.3 is 14.8 Å². The van der Waals surface area contributed by atoms with Crippen LogP contribution >= 0.6 is 11.6 Å². The fraction of sp³-hybridized carbons (Fsp3) is 0.278. The second kappa shape index (κ2) is 9.31. The van der Waals surface area contributed by atoms with E-state index >= 15 is 0 Å². The Bertz CT molecular complexity index is 974. The lowest BCUT2D eigenvalue weighted by Gasteiger charge is -2.26. The summed E-state index contributed by atoms with van der Waals surface area (Å²) in [7, 11) is -3.65. The maximum atomic E-state index is 12.6. The molecule has 2 heterocycles. The lowest BCUT2D eigenvalue weighted by atomic mass is 10.2. The Hall–Kier alpha value is -2.53. The van der Waals surface area contributed by atoms with Crippen LogP contribution in [0, 0.1) is 0 Å². The van der Waals surface area contributed by atoms with Crippen LogP contribution in [0.1, 0.15) is 10.4 Å². The van der Waals surface area contributed by atoms with Crippen LogP contribution in [-0.2, 0) is 24.3 Å². The van der Waals surface area contributed by atoms with Crippen LogP contribution in [-0.4, -0.2) is 62.5 Å². The third-order valence-corrected chi connectivity index (χ3v) is 6.16. The number of hydrogen-bond donors (Lipinski definition) is 1. The molecule has 0 aliphatic carbocycles. The van der Waals surface area contributed by atoms with E-state index < -0.39 is 28.5 Å². The minimum absolute atomic E-state index is 0.0718. The van der Waals surface area contributed by atoms with Crippen molar-refractivity contribution in [3.8, 4) is 0 Å². The first-order chi connectivity index (χ1) is 13.9. The van der Waals surface area contributed by atoms with Crippen LogP contribution in [0.5, 0.6) is 0 Å². The summed E-state index contributed by atoms with van der Waals surface area (Å²) in [5.41, 5.74) is 0.128. The summed E-state index contributed by atoms with van der Waals surface area (Å²) >= 11 is 5.71. The number of anilines is 1. The molecular weight excluding hydrogens is 422 g/mol. The number of hydrogen-bond acceptors (Lipinski definition) is 7. The van der Waals surface area contributed by atoms with E-state index in [-0.39, 0.29) is 29.4 Å². The number of pyridine rings is 1. The molecule has 29 heavy (non-hydrogen) atoms. The van der Waals surface area contributed by atoms with Gasteiger partial charge in [-0.2, -0.15) is 4.31 Å². The molecule has 0 spiro atoms. The number of halogens is 1. The molecule has 1 amide bonds. The smallest absolute Gasteiger partial charge is 0.338 e. The first-order valence-corrected chi connectivity index (χ1v) is 10.4. The van der Waals surface area contributed by atoms with Crippen molar-refractivity contribution in [1.82, 2.24) is 9.29 Å².